The van der Waals surface area contributed by atoms with Gasteiger partial charge in [0.25, 0.3) is 5.91 Å². The maximum Gasteiger partial charge on any atom is 0.272 e. The lowest BCUT2D eigenvalue weighted by Gasteiger charge is -2.18. The number of carbonyl (C=O) groups excluding carboxylic acids is 1. The van der Waals surface area contributed by atoms with Crippen LogP contribution in [0.15, 0.2) is 55.0 Å². The molecule has 4 aromatic rings. The number of aromatic nitrogens is 4. The van der Waals surface area contributed by atoms with Gasteiger partial charge in [-0.05, 0) is 36.8 Å². The van der Waals surface area contributed by atoms with E-state index in [4.69, 9.17) is 4.74 Å². The van der Waals surface area contributed by atoms with E-state index < -0.39 is 0 Å². The molecule has 1 N–H and O–H groups in total. The van der Waals surface area contributed by atoms with Crippen LogP contribution in [0.1, 0.15) is 23.0 Å². The number of H-pyrrole nitrogens is 1. The zero-order chi connectivity index (χ0) is 21.1. The van der Waals surface area contributed by atoms with E-state index in [9.17, 15) is 9.18 Å². The van der Waals surface area contributed by atoms with Crippen molar-refractivity contribution >= 4 is 16.8 Å². The molecule has 4 rings (SSSR count). The number of hydrogen-bond donors (Lipinski definition) is 1. The molecule has 152 valence electrons. The van der Waals surface area contributed by atoms with Crippen LogP contribution < -0.4 is 4.74 Å². The van der Waals surface area contributed by atoms with Gasteiger partial charge >= 0.3 is 0 Å². The number of rotatable bonds is 6. The van der Waals surface area contributed by atoms with Crippen molar-refractivity contribution in [2.45, 2.75) is 13.5 Å². The normalized spacial score (nSPS) is 10.9. The van der Waals surface area contributed by atoms with Gasteiger partial charge in [-0.15, -0.1) is 0 Å². The van der Waals surface area contributed by atoms with Crippen molar-refractivity contribution in [3.05, 3.63) is 72.1 Å². The van der Waals surface area contributed by atoms with E-state index in [-0.39, 0.29) is 17.4 Å². The third kappa shape index (κ3) is 3.84. The molecule has 0 saturated carbocycles. The summed E-state index contributed by atoms with van der Waals surface area (Å²) in [5.74, 6) is -0.325. The Morgan fingerprint density at radius 2 is 2.07 bits per heavy atom. The minimum absolute atomic E-state index is 0.242. The van der Waals surface area contributed by atoms with Crippen LogP contribution in [-0.2, 0) is 6.54 Å². The molecule has 0 unspecified atom stereocenters. The van der Waals surface area contributed by atoms with Crippen molar-refractivity contribution in [1.29, 1.82) is 0 Å². The predicted molar refractivity (Wildman–Crippen MR) is 110 cm³/mol. The second-order valence-corrected chi connectivity index (χ2v) is 6.79. The van der Waals surface area contributed by atoms with Crippen molar-refractivity contribution in [2.75, 3.05) is 13.7 Å². The van der Waals surface area contributed by atoms with Crippen molar-refractivity contribution in [3.63, 3.8) is 0 Å². The van der Waals surface area contributed by atoms with Gasteiger partial charge in [0.2, 0.25) is 5.88 Å². The summed E-state index contributed by atoms with van der Waals surface area (Å²) in [5.41, 5.74) is 3.19. The first-order chi connectivity index (χ1) is 14.6. The number of pyridine rings is 2. The van der Waals surface area contributed by atoms with Crippen LogP contribution in [0.3, 0.4) is 0 Å². The molecular formula is C22H20FN5O2. The molecule has 0 radical (unpaired) electrons. The first kappa shape index (κ1) is 19.5. The van der Waals surface area contributed by atoms with Gasteiger partial charge < -0.3 is 9.64 Å². The smallest absolute Gasteiger partial charge is 0.272 e. The maximum atomic E-state index is 13.6. The highest BCUT2D eigenvalue weighted by Gasteiger charge is 2.18. The van der Waals surface area contributed by atoms with Crippen molar-refractivity contribution in [3.8, 4) is 17.0 Å². The van der Waals surface area contributed by atoms with Gasteiger partial charge in [-0.3, -0.25) is 14.9 Å². The van der Waals surface area contributed by atoms with Crippen LogP contribution in [0.25, 0.3) is 22.0 Å². The second kappa shape index (κ2) is 8.28. The van der Waals surface area contributed by atoms with Crippen molar-refractivity contribution in [1.82, 2.24) is 25.1 Å². The average Bonchev–Trinajstić information content (AvgIpc) is 3.23. The fraction of sp³-hybridized carbons (Fsp3) is 0.182. The molecule has 1 amide bonds. The summed E-state index contributed by atoms with van der Waals surface area (Å²) in [5, 5.41) is 7.84. The Morgan fingerprint density at radius 1 is 1.20 bits per heavy atom. The predicted octanol–water partition coefficient (Wildman–Crippen LogP) is 3.83. The van der Waals surface area contributed by atoms with Crippen molar-refractivity contribution < 1.29 is 13.9 Å². The van der Waals surface area contributed by atoms with E-state index in [2.05, 4.69) is 20.2 Å². The largest absolute Gasteiger partial charge is 0.478 e. The molecular weight excluding hydrogens is 385 g/mol. The molecule has 1 aromatic carbocycles. The summed E-state index contributed by atoms with van der Waals surface area (Å²) in [7, 11) is 1.69. The van der Waals surface area contributed by atoms with Crippen LogP contribution in [0.2, 0.25) is 0 Å². The third-order valence-corrected chi connectivity index (χ3v) is 4.68. The lowest BCUT2D eigenvalue weighted by Crippen LogP contribution is -2.27. The fourth-order valence-electron chi connectivity index (χ4n) is 3.25. The first-order valence-corrected chi connectivity index (χ1v) is 9.48. The fourth-order valence-corrected chi connectivity index (χ4v) is 3.25. The van der Waals surface area contributed by atoms with E-state index >= 15 is 0 Å². The van der Waals surface area contributed by atoms with Crippen LogP contribution in [-0.4, -0.2) is 44.6 Å². The zero-order valence-corrected chi connectivity index (χ0v) is 16.6. The van der Waals surface area contributed by atoms with E-state index in [1.807, 2.05) is 6.92 Å². The molecule has 0 saturated heterocycles. The van der Waals surface area contributed by atoms with Crippen LogP contribution in [0.4, 0.5) is 4.39 Å². The number of carbonyl (C=O) groups is 1. The van der Waals surface area contributed by atoms with Crippen LogP contribution >= 0.6 is 0 Å². The molecule has 30 heavy (non-hydrogen) atoms. The summed E-state index contributed by atoms with van der Waals surface area (Å²) < 4.78 is 19.3. The maximum absolute atomic E-state index is 13.6. The van der Waals surface area contributed by atoms with E-state index in [1.165, 1.54) is 12.1 Å². The van der Waals surface area contributed by atoms with Gasteiger partial charge in [-0.1, -0.05) is 12.1 Å². The summed E-state index contributed by atoms with van der Waals surface area (Å²) in [6.45, 7) is 2.54. The number of ether oxygens (including phenoxy) is 1. The second-order valence-electron chi connectivity index (χ2n) is 6.79. The molecule has 0 atom stereocenters. The molecule has 8 heteroatoms. The van der Waals surface area contributed by atoms with Gasteiger partial charge in [-0.2, -0.15) is 5.10 Å². The highest BCUT2D eigenvalue weighted by Crippen LogP contribution is 2.29. The van der Waals surface area contributed by atoms with E-state index in [1.54, 1.807) is 54.8 Å². The first-order valence-electron chi connectivity index (χ1n) is 9.48. The van der Waals surface area contributed by atoms with Gasteiger partial charge in [0, 0.05) is 42.5 Å². The number of fused-ring (bicyclic) bond motifs is 1. The lowest BCUT2D eigenvalue weighted by molar-refractivity contribution is 0.0778. The highest BCUT2D eigenvalue weighted by molar-refractivity contribution is 5.93. The Bertz CT molecular complexity index is 1210. The van der Waals surface area contributed by atoms with Crippen molar-refractivity contribution in [2.24, 2.45) is 0 Å². The summed E-state index contributed by atoms with van der Waals surface area (Å²) in [6, 6.07) is 9.53. The molecule has 0 aliphatic rings. The number of amides is 1. The molecule has 0 bridgehead atoms. The summed E-state index contributed by atoms with van der Waals surface area (Å²) >= 11 is 0. The summed E-state index contributed by atoms with van der Waals surface area (Å²) in [6.07, 6.45) is 5.11. The SMILES string of the molecule is CCOc1nc(C(=O)N(C)Cc2cncc3cn[nH]c23)ccc1-c1cccc(F)c1. The standard InChI is InChI=1S/C22H20FN5O2/c1-3-30-21-18(14-5-4-6-17(23)9-14)7-8-19(26-21)22(29)28(2)13-16-11-24-10-15-12-25-27-20(15)16/h4-12H,3,13H2,1-2H3,(H,25,27). The average molecular weight is 405 g/mol. The minimum atomic E-state index is -0.351. The number of benzene rings is 1. The summed E-state index contributed by atoms with van der Waals surface area (Å²) in [4.78, 5) is 23.1. The molecule has 0 fully saturated rings. The molecule has 0 aliphatic heterocycles. The minimum Gasteiger partial charge on any atom is -0.478 e. The number of nitrogens with zero attached hydrogens (tertiary/aromatic N) is 4. The third-order valence-electron chi connectivity index (χ3n) is 4.68. The van der Waals surface area contributed by atoms with Gasteiger partial charge in [0.1, 0.15) is 11.5 Å². The Hall–Kier alpha value is -3.81. The molecule has 3 heterocycles. The Kier molecular flexibility index (Phi) is 5.38. The van der Waals surface area contributed by atoms with Crippen LogP contribution in [0.5, 0.6) is 5.88 Å². The lowest BCUT2D eigenvalue weighted by atomic mass is 10.1. The van der Waals surface area contributed by atoms with Gasteiger partial charge in [0.15, 0.2) is 0 Å². The number of aromatic amines is 1. The Morgan fingerprint density at radius 3 is 2.87 bits per heavy atom. The molecule has 3 aromatic heterocycles. The van der Waals surface area contributed by atoms with Crippen LogP contribution in [0, 0.1) is 5.82 Å². The van der Waals surface area contributed by atoms with E-state index in [0.29, 0.717) is 30.2 Å². The number of nitrogens with one attached hydrogen (secondary N) is 1. The van der Waals surface area contributed by atoms with E-state index in [0.717, 1.165) is 16.5 Å². The number of halogens is 1. The van der Waals surface area contributed by atoms with Gasteiger partial charge in [0.05, 0.1) is 18.3 Å². The molecule has 0 spiro atoms. The monoisotopic (exact) mass is 405 g/mol. The highest BCUT2D eigenvalue weighted by atomic mass is 19.1. The Balaban J connectivity index is 1.62. The zero-order valence-electron chi connectivity index (χ0n) is 16.6. The Labute approximate surface area is 172 Å². The topological polar surface area (TPSA) is 84.0 Å². The molecule has 0 aliphatic carbocycles. The number of hydrogen-bond acceptors (Lipinski definition) is 5. The quantitative estimate of drug-likeness (QED) is 0.527. The van der Waals surface area contributed by atoms with Gasteiger partial charge in [-0.25, -0.2) is 9.37 Å². The molecule has 7 nitrogen and oxygen atoms in total.